The van der Waals surface area contributed by atoms with E-state index < -0.39 is 0 Å². The molecule has 0 aliphatic carbocycles. The van der Waals surface area contributed by atoms with Gasteiger partial charge in [0.05, 0.1) is 6.10 Å². The first-order valence-corrected chi connectivity index (χ1v) is 10.8. The van der Waals surface area contributed by atoms with Crippen LogP contribution in [-0.2, 0) is 11.2 Å². The first-order chi connectivity index (χ1) is 12.2. The van der Waals surface area contributed by atoms with Gasteiger partial charge in [0, 0.05) is 29.8 Å². The van der Waals surface area contributed by atoms with Gasteiger partial charge in [0.25, 0.3) is 0 Å². The first kappa shape index (κ1) is 18.8. The van der Waals surface area contributed by atoms with E-state index in [2.05, 4.69) is 44.3 Å². The molecule has 3 rings (SSSR count). The van der Waals surface area contributed by atoms with Crippen LogP contribution in [0.1, 0.15) is 89.4 Å². The van der Waals surface area contributed by atoms with E-state index in [1.165, 1.54) is 74.6 Å². The standard InChI is InChI=1S/C23H37NO/c1-4-6-8-10-17(3)22-19-12-9-15-25-23(19)20-16-18(11-7-5-2)13-14-21(20)24-22/h13-14,16-17,19,22-24H,4-12,15H2,1-3H3/t17?,19-,22+,23-/m0/s1. The maximum atomic E-state index is 6.33. The highest BCUT2D eigenvalue weighted by molar-refractivity contribution is 5.57. The highest BCUT2D eigenvalue weighted by Crippen LogP contribution is 2.46. The molecule has 2 heteroatoms. The highest BCUT2D eigenvalue weighted by Gasteiger charge is 2.40. The molecule has 2 heterocycles. The Hall–Kier alpha value is -1.02. The molecule has 0 spiro atoms. The minimum Gasteiger partial charge on any atom is -0.381 e. The molecule has 0 amide bonds. The molecule has 4 atom stereocenters. The summed E-state index contributed by atoms with van der Waals surface area (Å²) in [6.07, 6.45) is 11.9. The summed E-state index contributed by atoms with van der Waals surface area (Å²) in [7, 11) is 0. The number of unbranched alkanes of at least 4 members (excludes halogenated alkanes) is 3. The molecule has 1 saturated heterocycles. The number of anilines is 1. The van der Waals surface area contributed by atoms with Crippen LogP contribution in [0, 0.1) is 11.8 Å². The maximum absolute atomic E-state index is 6.33. The molecule has 0 bridgehead atoms. The summed E-state index contributed by atoms with van der Waals surface area (Å²) in [5.41, 5.74) is 4.23. The third kappa shape index (κ3) is 4.39. The van der Waals surface area contributed by atoms with Crippen LogP contribution >= 0.6 is 0 Å². The second-order valence-electron chi connectivity index (χ2n) is 8.27. The summed E-state index contributed by atoms with van der Waals surface area (Å²) < 4.78 is 6.33. The lowest BCUT2D eigenvalue weighted by atomic mass is 9.74. The molecule has 1 unspecified atom stereocenters. The second kappa shape index (κ2) is 9.07. The number of benzene rings is 1. The molecule has 0 aromatic heterocycles. The Bertz CT molecular complexity index is 541. The molecule has 2 nitrogen and oxygen atoms in total. The minimum atomic E-state index is 0.310. The van der Waals surface area contributed by atoms with Gasteiger partial charge in [0.15, 0.2) is 0 Å². The van der Waals surface area contributed by atoms with E-state index in [9.17, 15) is 0 Å². The van der Waals surface area contributed by atoms with Crippen LogP contribution in [0.25, 0.3) is 0 Å². The van der Waals surface area contributed by atoms with Crippen molar-refractivity contribution in [3.8, 4) is 0 Å². The number of hydrogen-bond acceptors (Lipinski definition) is 2. The van der Waals surface area contributed by atoms with E-state index in [0.29, 0.717) is 24.0 Å². The molecule has 2 aliphatic rings. The van der Waals surface area contributed by atoms with Gasteiger partial charge < -0.3 is 10.1 Å². The Morgan fingerprint density at radius 1 is 1.16 bits per heavy atom. The number of rotatable bonds is 8. The van der Waals surface area contributed by atoms with Crippen LogP contribution < -0.4 is 5.32 Å². The van der Waals surface area contributed by atoms with Gasteiger partial charge in [-0.3, -0.25) is 0 Å². The van der Waals surface area contributed by atoms with Crippen LogP contribution in [-0.4, -0.2) is 12.6 Å². The Labute approximate surface area is 154 Å². The molecule has 1 aromatic carbocycles. The van der Waals surface area contributed by atoms with Crippen molar-refractivity contribution in [2.45, 2.75) is 90.7 Å². The normalized spacial score (nSPS) is 26.4. The summed E-state index contributed by atoms with van der Waals surface area (Å²) in [6.45, 7) is 7.93. The van der Waals surface area contributed by atoms with Crippen molar-refractivity contribution in [2.24, 2.45) is 11.8 Å². The van der Waals surface area contributed by atoms with Gasteiger partial charge in [0.1, 0.15) is 0 Å². The van der Waals surface area contributed by atoms with E-state index in [4.69, 9.17) is 4.74 Å². The first-order valence-electron chi connectivity index (χ1n) is 10.8. The molecule has 25 heavy (non-hydrogen) atoms. The van der Waals surface area contributed by atoms with Crippen molar-refractivity contribution < 1.29 is 4.74 Å². The van der Waals surface area contributed by atoms with Crippen LogP contribution in [0.5, 0.6) is 0 Å². The average molecular weight is 344 g/mol. The van der Waals surface area contributed by atoms with Crippen LogP contribution in [0.15, 0.2) is 18.2 Å². The molecule has 1 aromatic rings. The molecule has 0 radical (unpaired) electrons. The minimum absolute atomic E-state index is 0.310. The SMILES string of the molecule is CCCCCC(C)[C@H]1Nc2ccc(CCCC)cc2[C@H]2OCCC[C@H]21. The summed E-state index contributed by atoms with van der Waals surface area (Å²) in [4.78, 5) is 0. The number of aryl methyl sites for hydroxylation is 1. The monoisotopic (exact) mass is 343 g/mol. The third-order valence-electron chi connectivity index (χ3n) is 6.27. The van der Waals surface area contributed by atoms with E-state index in [0.717, 1.165) is 6.61 Å². The zero-order valence-electron chi connectivity index (χ0n) is 16.5. The molecule has 0 saturated carbocycles. The summed E-state index contributed by atoms with van der Waals surface area (Å²) in [5, 5.41) is 3.93. The summed E-state index contributed by atoms with van der Waals surface area (Å²) in [6, 6.07) is 7.64. The van der Waals surface area contributed by atoms with Crippen molar-refractivity contribution in [3.63, 3.8) is 0 Å². The summed E-state index contributed by atoms with van der Waals surface area (Å²) >= 11 is 0. The van der Waals surface area contributed by atoms with E-state index in [1.807, 2.05) is 0 Å². The van der Waals surface area contributed by atoms with Gasteiger partial charge in [-0.2, -0.15) is 0 Å². The molecular weight excluding hydrogens is 306 g/mol. The Kier molecular flexibility index (Phi) is 6.81. The average Bonchev–Trinajstić information content (AvgIpc) is 2.65. The molecule has 2 aliphatic heterocycles. The Balaban J connectivity index is 1.79. The van der Waals surface area contributed by atoms with Crippen molar-refractivity contribution >= 4 is 5.69 Å². The smallest absolute Gasteiger partial charge is 0.0892 e. The van der Waals surface area contributed by atoms with E-state index in [-0.39, 0.29) is 0 Å². The Morgan fingerprint density at radius 2 is 2.00 bits per heavy atom. The number of ether oxygens (including phenoxy) is 1. The van der Waals surface area contributed by atoms with Crippen LogP contribution in [0.3, 0.4) is 0 Å². The number of hydrogen-bond donors (Lipinski definition) is 1. The summed E-state index contributed by atoms with van der Waals surface area (Å²) in [5.74, 6) is 1.35. The second-order valence-corrected chi connectivity index (χ2v) is 8.27. The molecule has 140 valence electrons. The lowest BCUT2D eigenvalue weighted by Crippen LogP contribution is -2.44. The highest BCUT2D eigenvalue weighted by atomic mass is 16.5. The van der Waals surface area contributed by atoms with Crippen molar-refractivity contribution in [1.29, 1.82) is 0 Å². The lowest BCUT2D eigenvalue weighted by Gasteiger charge is -2.45. The van der Waals surface area contributed by atoms with E-state index in [1.54, 1.807) is 0 Å². The van der Waals surface area contributed by atoms with Gasteiger partial charge in [-0.1, -0.05) is 58.6 Å². The fourth-order valence-electron chi connectivity index (χ4n) is 4.75. The topological polar surface area (TPSA) is 21.3 Å². The maximum Gasteiger partial charge on any atom is 0.0892 e. The van der Waals surface area contributed by atoms with Crippen molar-refractivity contribution in [3.05, 3.63) is 29.3 Å². The lowest BCUT2D eigenvalue weighted by molar-refractivity contribution is -0.0436. The zero-order chi connectivity index (χ0) is 17.6. The van der Waals surface area contributed by atoms with Gasteiger partial charge in [0.2, 0.25) is 0 Å². The van der Waals surface area contributed by atoms with Crippen LogP contribution in [0.2, 0.25) is 0 Å². The van der Waals surface area contributed by atoms with Gasteiger partial charge in [-0.05, 0) is 49.7 Å². The predicted molar refractivity (Wildman–Crippen MR) is 107 cm³/mol. The number of fused-ring (bicyclic) bond motifs is 3. The van der Waals surface area contributed by atoms with E-state index >= 15 is 0 Å². The predicted octanol–water partition coefficient (Wildman–Crippen LogP) is 6.51. The largest absolute Gasteiger partial charge is 0.381 e. The quantitative estimate of drug-likeness (QED) is 0.543. The van der Waals surface area contributed by atoms with Crippen molar-refractivity contribution in [1.82, 2.24) is 0 Å². The van der Waals surface area contributed by atoms with Gasteiger partial charge in [-0.25, -0.2) is 0 Å². The fourth-order valence-corrected chi connectivity index (χ4v) is 4.75. The molecular formula is C23H37NO. The zero-order valence-corrected chi connectivity index (χ0v) is 16.5. The molecule has 1 N–H and O–H groups in total. The van der Waals surface area contributed by atoms with Gasteiger partial charge in [-0.15, -0.1) is 0 Å². The molecule has 1 fully saturated rings. The van der Waals surface area contributed by atoms with Crippen LogP contribution in [0.4, 0.5) is 5.69 Å². The Morgan fingerprint density at radius 3 is 2.80 bits per heavy atom. The van der Waals surface area contributed by atoms with Gasteiger partial charge >= 0.3 is 0 Å². The fraction of sp³-hybridized carbons (Fsp3) is 0.739. The number of nitrogens with one attached hydrogen (secondary N) is 1. The van der Waals surface area contributed by atoms with Crippen molar-refractivity contribution in [2.75, 3.05) is 11.9 Å². The third-order valence-corrected chi connectivity index (χ3v) is 6.27.